The van der Waals surface area contributed by atoms with Gasteiger partial charge in [0.25, 0.3) is 0 Å². The van der Waals surface area contributed by atoms with E-state index in [1.54, 1.807) is 0 Å². The molecule has 24 heavy (non-hydrogen) atoms. The molecular formula is C16H11Cl4N3S. The van der Waals surface area contributed by atoms with Gasteiger partial charge in [0.15, 0.2) is 11.3 Å². The van der Waals surface area contributed by atoms with Gasteiger partial charge in [-0.05, 0) is 23.7 Å². The molecule has 124 valence electrons. The van der Waals surface area contributed by atoms with E-state index in [0.29, 0.717) is 4.80 Å². The maximum Gasteiger partial charge on any atom is 0.226 e. The third kappa shape index (κ3) is 4.13. The fourth-order valence-electron chi connectivity index (χ4n) is 2.01. The molecule has 0 saturated carbocycles. The zero-order valence-corrected chi connectivity index (χ0v) is 16.0. The lowest BCUT2D eigenvalue weighted by molar-refractivity contribution is 0.890. The second-order valence-electron chi connectivity index (χ2n) is 4.81. The number of nitrogens with zero attached hydrogens (tertiary/aromatic N) is 3. The predicted molar refractivity (Wildman–Crippen MR) is 102 cm³/mol. The van der Waals surface area contributed by atoms with Crippen molar-refractivity contribution in [2.75, 3.05) is 0 Å². The number of alkyl halides is 4. The van der Waals surface area contributed by atoms with Gasteiger partial charge in [-0.15, -0.1) is 0 Å². The molecule has 2 aromatic carbocycles. The van der Waals surface area contributed by atoms with Crippen molar-refractivity contribution in [2.24, 2.45) is 4.99 Å². The van der Waals surface area contributed by atoms with Gasteiger partial charge in [-0.25, -0.2) is 8.95 Å². The van der Waals surface area contributed by atoms with E-state index in [-0.39, 0.29) is 0 Å². The average molecular weight is 419 g/mol. The van der Waals surface area contributed by atoms with Crippen molar-refractivity contribution in [1.29, 1.82) is 0 Å². The summed E-state index contributed by atoms with van der Waals surface area (Å²) in [5, 5.41) is 0. The number of aromatic nitrogens is 2. The molecule has 0 aliphatic rings. The summed E-state index contributed by atoms with van der Waals surface area (Å²) in [6.45, 7) is 0. The van der Waals surface area contributed by atoms with Crippen LogP contribution in [0.15, 0.2) is 65.7 Å². The first kappa shape index (κ1) is 17.8. The molecule has 0 fully saturated rings. The Bertz CT molecular complexity index is 810. The fourth-order valence-corrected chi connectivity index (χ4v) is 3.21. The zero-order valence-electron chi connectivity index (χ0n) is 12.1. The second kappa shape index (κ2) is 7.46. The van der Waals surface area contributed by atoms with E-state index >= 15 is 0 Å². The second-order valence-corrected chi connectivity index (χ2v) is 8.51. The zero-order chi connectivity index (χ0) is 17.2. The summed E-state index contributed by atoms with van der Waals surface area (Å²) in [5.74, 6) is 0.749. The Kier molecular flexibility index (Phi) is 5.52. The first-order valence-electron chi connectivity index (χ1n) is 6.91. The Morgan fingerprint density at radius 3 is 2.12 bits per heavy atom. The van der Waals surface area contributed by atoms with Crippen LogP contribution >= 0.6 is 57.9 Å². The number of hydrogen-bond acceptors (Lipinski definition) is 3. The molecule has 3 nitrogen and oxygen atoms in total. The maximum absolute atomic E-state index is 6.04. The molecule has 0 unspecified atom stereocenters. The molecule has 0 amide bonds. The SMILES string of the molecule is Cl[C@H](N=c1nc(-c2ccccc2)n(-c2ccccc2)s1)C(Cl)(Cl)Cl. The van der Waals surface area contributed by atoms with Crippen molar-refractivity contribution in [1.82, 2.24) is 8.94 Å². The molecular weight excluding hydrogens is 408 g/mol. The third-order valence-corrected chi connectivity index (χ3v) is 5.39. The van der Waals surface area contributed by atoms with Crippen molar-refractivity contribution < 1.29 is 0 Å². The van der Waals surface area contributed by atoms with E-state index < -0.39 is 9.29 Å². The van der Waals surface area contributed by atoms with Crippen molar-refractivity contribution >= 4 is 57.9 Å². The molecule has 0 radical (unpaired) electrons. The van der Waals surface area contributed by atoms with E-state index in [1.807, 2.05) is 64.6 Å². The maximum atomic E-state index is 6.04. The van der Waals surface area contributed by atoms with Crippen LogP contribution in [0.1, 0.15) is 0 Å². The van der Waals surface area contributed by atoms with Gasteiger partial charge in [-0.1, -0.05) is 94.9 Å². The van der Waals surface area contributed by atoms with Gasteiger partial charge >= 0.3 is 0 Å². The molecule has 0 saturated heterocycles. The van der Waals surface area contributed by atoms with Crippen molar-refractivity contribution in [3.05, 3.63) is 65.5 Å². The lowest BCUT2D eigenvalue weighted by Gasteiger charge is -2.11. The van der Waals surface area contributed by atoms with Gasteiger partial charge in [-0.3, -0.25) is 0 Å². The van der Waals surface area contributed by atoms with Crippen LogP contribution in [0.5, 0.6) is 0 Å². The van der Waals surface area contributed by atoms with Gasteiger partial charge < -0.3 is 0 Å². The Morgan fingerprint density at radius 1 is 0.958 bits per heavy atom. The van der Waals surface area contributed by atoms with E-state index in [9.17, 15) is 0 Å². The number of rotatable bonds is 3. The minimum atomic E-state index is -1.70. The number of benzene rings is 2. The largest absolute Gasteiger partial charge is 0.246 e. The smallest absolute Gasteiger partial charge is 0.226 e. The number of halogens is 4. The topological polar surface area (TPSA) is 30.2 Å². The summed E-state index contributed by atoms with van der Waals surface area (Å²) in [6.07, 6.45) is 0. The minimum Gasteiger partial charge on any atom is -0.246 e. The fraction of sp³-hybridized carbons (Fsp3) is 0.125. The van der Waals surface area contributed by atoms with E-state index in [0.717, 1.165) is 17.1 Å². The van der Waals surface area contributed by atoms with E-state index in [2.05, 4.69) is 9.98 Å². The number of hydrogen-bond donors (Lipinski definition) is 0. The predicted octanol–water partition coefficient (Wildman–Crippen LogP) is 5.44. The van der Waals surface area contributed by atoms with Gasteiger partial charge in [-0.2, -0.15) is 4.98 Å². The monoisotopic (exact) mass is 417 g/mol. The highest BCUT2D eigenvalue weighted by atomic mass is 35.6. The van der Waals surface area contributed by atoms with Crippen LogP contribution in [-0.2, 0) is 0 Å². The average Bonchev–Trinajstić information content (AvgIpc) is 2.99. The molecule has 8 heteroatoms. The summed E-state index contributed by atoms with van der Waals surface area (Å²) in [7, 11) is 0. The summed E-state index contributed by atoms with van der Waals surface area (Å²) in [6, 6.07) is 19.7. The molecule has 0 spiro atoms. The quantitative estimate of drug-likeness (QED) is 0.411. The molecule has 0 aliphatic carbocycles. The van der Waals surface area contributed by atoms with Crippen LogP contribution in [-0.4, -0.2) is 18.2 Å². The van der Waals surface area contributed by atoms with Crippen LogP contribution in [0.2, 0.25) is 0 Å². The Balaban J connectivity index is 2.15. The van der Waals surface area contributed by atoms with Crippen LogP contribution in [0, 0.1) is 0 Å². The molecule has 1 heterocycles. The molecule has 0 N–H and O–H groups in total. The van der Waals surface area contributed by atoms with Crippen LogP contribution in [0.3, 0.4) is 0 Å². The van der Waals surface area contributed by atoms with Crippen LogP contribution < -0.4 is 4.80 Å². The minimum absolute atomic E-state index is 0.434. The van der Waals surface area contributed by atoms with Crippen molar-refractivity contribution in [3.63, 3.8) is 0 Å². The molecule has 1 aromatic heterocycles. The first-order valence-corrected chi connectivity index (χ1v) is 9.25. The lowest BCUT2D eigenvalue weighted by Crippen LogP contribution is -2.20. The third-order valence-electron chi connectivity index (χ3n) is 3.08. The first-order chi connectivity index (χ1) is 11.4. The number of para-hydroxylation sites is 1. The standard InChI is InChI=1S/C16H11Cl4N3S/c17-14(16(18,19)20)22-15-21-13(11-7-3-1-4-8-11)23(24-15)12-9-5-2-6-10-12/h1-10,14H/t14-/m1/s1. The Labute approximate surface area is 163 Å². The lowest BCUT2D eigenvalue weighted by atomic mass is 10.2. The summed E-state index contributed by atoms with van der Waals surface area (Å²) >= 11 is 24.7. The van der Waals surface area contributed by atoms with E-state index in [4.69, 9.17) is 46.4 Å². The molecule has 3 aromatic rings. The van der Waals surface area contributed by atoms with Gasteiger partial charge in [0, 0.05) is 5.56 Å². The highest BCUT2D eigenvalue weighted by Crippen LogP contribution is 2.34. The highest BCUT2D eigenvalue weighted by molar-refractivity contribution is 7.04. The van der Waals surface area contributed by atoms with Crippen LogP contribution in [0.4, 0.5) is 0 Å². The Hall–Kier alpha value is -1.04. The van der Waals surface area contributed by atoms with E-state index in [1.165, 1.54) is 11.5 Å². The molecule has 0 bridgehead atoms. The van der Waals surface area contributed by atoms with Crippen molar-refractivity contribution in [2.45, 2.75) is 9.29 Å². The van der Waals surface area contributed by atoms with Gasteiger partial charge in [0.2, 0.25) is 8.59 Å². The summed E-state index contributed by atoms with van der Waals surface area (Å²) < 4.78 is 0.272. The van der Waals surface area contributed by atoms with Gasteiger partial charge in [0.1, 0.15) is 0 Å². The highest BCUT2D eigenvalue weighted by Gasteiger charge is 2.30. The van der Waals surface area contributed by atoms with Crippen LogP contribution in [0.25, 0.3) is 17.1 Å². The van der Waals surface area contributed by atoms with Gasteiger partial charge in [0.05, 0.1) is 5.69 Å². The van der Waals surface area contributed by atoms with Crippen molar-refractivity contribution in [3.8, 4) is 17.1 Å². The normalized spacial score (nSPS) is 13.9. The molecule has 1 atom stereocenters. The molecule has 3 rings (SSSR count). The summed E-state index contributed by atoms with van der Waals surface area (Å²) in [5.41, 5.74) is 0.899. The summed E-state index contributed by atoms with van der Waals surface area (Å²) in [4.78, 5) is 9.22. The Morgan fingerprint density at radius 2 is 1.54 bits per heavy atom. The molecule has 0 aliphatic heterocycles.